The van der Waals surface area contributed by atoms with Crippen molar-refractivity contribution in [3.8, 4) is 11.5 Å². The number of para-hydroxylation sites is 2. The Morgan fingerprint density at radius 2 is 1.85 bits per heavy atom. The van der Waals surface area contributed by atoms with Gasteiger partial charge >= 0.3 is 5.97 Å². The van der Waals surface area contributed by atoms with Crippen molar-refractivity contribution in [1.82, 2.24) is 0 Å². The van der Waals surface area contributed by atoms with Gasteiger partial charge in [0.1, 0.15) is 23.9 Å². The van der Waals surface area contributed by atoms with Crippen LogP contribution in [-0.2, 0) is 32.3 Å². The van der Waals surface area contributed by atoms with Crippen LogP contribution < -0.4 is 14.8 Å². The molecule has 8 heteroatoms. The number of benzene rings is 3. The zero-order chi connectivity index (χ0) is 22.8. The van der Waals surface area contributed by atoms with E-state index in [1.165, 1.54) is 12.1 Å². The van der Waals surface area contributed by atoms with E-state index in [9.17, 15) is 14.0 Å². The van der Waals surface area contributed by atoms with Crippen molar-refractivity contribution < 1.29 is 32.9 Å². The highest BCUT2D eigenvalue weighted by atomic mass is 19.1. The van der Waals surface area contributed by atoms with Gasteiger partial charge in [0, 0.05) is 16.7 Å². The molecule has 2 heterocycles. The molecule has 0 unspecified atom stereocenters. The van der Waals surface area contributed by atoms with Crippen LogP contribution in [0.3, 0.4) is 0 Å². The summed E-state index contributed by atoms with van der Waals surface area (Å²) in [5, 5.41) is 2.70. The average molecular weight is 449 g/mol. The van der Waals surface area contributed by atoms with Crippen LogP contribution >= 0.6 is 0 Å². The Hall–Kier alpha value is -3.91. The standard InChI is InChI=1S/C25H20FNO6/c26-18-10-16(23-17(11-18)14-31-25(33-23)15-6-2-1-3-7-15)13-30-22(28)12-21-24(29)27-19-8-4-5-9-20(19)32-21/h1-11,21,25H,12-14H2,(H,27,29)/t21-,25-/m0/s1. The van der Waals surface area contributed by atoms with Crippen LogP contribution in [-0.4, -0.2) is 18.0 Å². The number of fused-ring (bicyclic) bond motifs is 2. The first-order valence-corrected chi connectivity index (χ1v) is 10.4. The van der Waals surface area contributed by atoms with Gasteiger partial charge in [0.25, 0.3) is 5.91 Å². The van der Waals surface area contributed by atoms with Crippen LogP contribution in [0.2, 0.25) is 0 Å². The topological polar surface area (TPSA) is 83.1 Å². The minimum absolute atomic E-state index is 0.156. The Morgan fingerprint density at radius 1 is 1.06 bits per heavy atom. The van der Waals surface area contributed by atoms with Gasteiger partial charge in [0.05, 0.1) is 18.7 Å². The van der Waals surface area contributed by atoms with E-state index < -0.39 is 30.1 Å². The van der Waals surface area contributed by atoms with Crippen molar-refractivity contribution in [1.29, 1.82) is 0 Å². The lowest BCUT2D eigenvalue weighted by Crippen LogP contribution is -2.38. The first kappa shape index (κ1) is 21.0. The van der Waals surface area contributed by atoms with E-state index in [1.54, 1.807) is 24.3 Å². The SMILES string of the molecule is O=C(C[C@@H]1Oc2ccccc2NC1=O)OCc1cc(F)cc2c1O[C@@H](c1ccccc1)OC2. The van der Waals surface area contributed by atoms with Crippen molar-refractivity contribution in [2.24, 2.45) is 0 Å². The van der Waals surface area contributed by atoms with E-state index in [0.717, 1.165) is 5.56 Å². The smallest absolute Gasteiger partial charge is 0.310 e. The molecule has 1 amide bonds. The Kier molecular flexibility index (Phi) is 5.66. The van der Waals surface area contributed by atoms with Crippen LogP contribution in [0, 0.1) is 5.82 Å². The Bertz CT molecular complexity index is 1200. The third-order valence-corrected chi connectivity index (χ3v) is 5.34. The average Bonchev–Trinajstić information content (AvgIpc) is 2.83. The second-order valence-electron chi connectivity index (χ2n) is 7.68. The number of ether oxygens (including phenoxy) is 4. The number of carbonyl (C=O) groups is 2. The van der Waals surface area contributed by atoms with Crippen LogP contribution in [0.15, 0.2) is 66.7 Å². The Morgan fingerprint density at radius 3 is 2.70 bits per heavy atom. The fourth-order valence-electron chi connectivity index (χ4n) is 3.75. The third-order valence-electron chi connectivity index (χ3n) is 5.34. The molecule has 2 atom stereocenters. The molecule has 0 aromatic heterocycles. The predicted octanol–water partition coefficient (Wildman–Crippen LogP) is 4.27. The van der Waals surface area contributed by atoms with E-state index in [-0.39, 0.29) is 19.6 Å². The monoisotopic (exact) mass is 449 g/mol. The zero-order valence-corrected chi connectivity index (χ0v) is 17.5. The Balaban J connectivity index is 1.26. The molecule has 3 aromatic carbocycles. The van der Waals surface area contributed by atoms with Crippen LogP contribution in [0.4, 0.5) is 10.1 Å². The summed E-state index contributed by atoms with van der Waals surface area (Å²) < 4.78 is 36.8. The molecular formula is C25H20FNO6. The molecule has 1 N–H and O–H groups in total. The zero-order valence-electron chi connectivity index (χ0n) is 17.5. The second kappa shape index (κ2) is 8.91. The van der Waals surface area contributed by atoms with E-state index >= 15 is 0 Å². The van der Waals surface area contributed by atoms with Crippen LogP contribution in [0.25, 0.3) is 0 Å². The van der Waals surface area contributed by atoms with Gasteiger partial charge < -0.3 is 24.3 Å². The predicted molar refractivity (Wildman–Crippen MR) is 115 cm³/mol. The minimum atomic E-state index is -1.01. The maximum Gasteiger partial charge on any atom is 0.310 e. The number of halogens is 1. The molecule has 2 aliphatic rings. The van der Waals surface area contributed by atoms with Crippen molar-refractivity contribution in [3.63, 3.8) is 0 Å². The summed E-state index contributed by atoms with van der Waals surface area (Å²) in [6.07, 6.45) is -1.95. The van der Waals surface area contributed by atoms with E-state index in [4.69, 9.17) is 18.9 Å². The highest BCUT2D eigenvalue weighted by molar-refractivity contribution is 5.99. The molecule has 0 bridgehead atoms. The van der Waals surface area contributed by atoms with Crippen molar-refractivity contribution in [3.05, 3.63) is 89.2 Å². The summed E-state index contributed by atoms with van der Waals surface area (Å²) in [4.78, 5) is 24.7. The second-order valence-corrected chi connectivity index (χ2v) is 7.68. The quantitative estimate of drug-likeness (QED) is 0.586. The molecule has 5 rings (SSSR count). The highest BCUT2D eigenvalue weighted by Crippen LogP contribution is 2.37. The number of rotatable bonds is 5. The molecule has 0 saturated carbocycles. The number of hydrogen-bond donors (Lipinski definition) is 1. The third kappa shape index (κ3) is 4.51. The molecule has 0 spiro atoms. The molecular weight excluding hydrogens is 429 g/mol. The van der Waals surface area contributed by atoms with Gasteiger partial charge in [0.2, 0.25) is 6.29 Å². The summed E-state index contributed by atoms with van der Waals surface area (Å²) >= 11 is 0. The largest absolute Gasteiger partial charge is 0.478 e. The number of anilines is 1. The lowest BCUT2D eigenvalue weighted by molar-refractivity contribution is -0.149. The number of esters is 1. The van der Waals surface area contributed by atoms with Crippen molar-refractivity contribution >= 4 is 17.6 Å². The van der Waals surface area contributed by atoms with Crippen molar-refractivity contribution in [2.75, 3.05) is 5.32 Å². The van der Waals surface area contributed by atoms with Gasteiger partial charge in [-0.15, -0.1) is 0 Å². The molecule has 168 valence electrons. The molecule has 33 heavy (non-hydrogen) atoms. The summed E-state index contributed by atoms with van der Waals surface area (Å²) in [6, 6.07) is 18.9. The number of nitrogens with one attached hydrogen (secondary N) is 1. The van der Waals surface area contributed by atoms with Crippen molar-refractivity contribution in [2.45, 2.75) is 32.0 Å². The highest BCUT2D eigenvalue weighted by Gasteiger charge is 2.31. The molecule has 0 radical (unpaired) electrons. The fraction of sp³-hybridized carbons (Fsp3) is 0.200. The van der Waals surface area contributed by atoms with E-state index in [1.807, 2.05) is 30.3 Å². The lowest BCUT2D eigenvalue weighted by atomic mass is 10.1. The van der Waals surface area contributed by atoms with Gasteiger partial charge in [0.15, 0.2) is 6.10 Å². The van der Waals surface area contributed by atoms with Gasteiger partial charge in [-0.05, 0) is 24.3 Å². The molecule has 0 aliphatic carbocycles. The molecule has 0 fully saturated rings. The fourth-order valence-corrected chi connectivity index (χ4v) is 3.75. The number of hydrogen-bond acceptors (Lipinski definition) is 6. The number of carbonyl (C=O) groups excluding carboxylic acids is 2. The molecule has 2 aliphatic heterocycles. The van der Waals surface area contributed by atoms with E-state index in [0.29, 0.717) is 28.3 Å². The molecule has 0 saturated heterocycles. The summed E-state index contributed by atoms with van der Waals surface area (Å²) in [7, 11) is 0. The maximum atomic E-state index is 14.1. The molecule has 3 aromatic rings. The summed E-state index contributed by atoms with van der Waals surface area (Å²) in [5.41, 5.74) is 2.27. The minimum Gasteiger partial charge on any atom is -0.478 e. The first-order chi connectivity index (χ1) is 16.1. The van der Waals surface area contributed by atoms with Gasteiger partial charge in [-0.2, -0.15) is 0 Å². The summed E-state index contributed by atoms with van der Waals surface area (Å²) in [5.74, 6) is -0.671. The maximum absolute atomic E-state index is 14.1. The Labute approximate surface area is 189 Å². The number of amides is 1. The normalized spacial score (nSPS) is 18.8. The lowest BCUT2D eigenvalue weighted by Gasteiger charge is -2.28. The molecule has 7 nitrogen and oxygen atoms in total. The van der Waals surface area contributed by atoms with Gasteiger partial charge in [-0.25, -0.2) is 4.39 Å². The van der Waals surface area contributed by atoms with Gasteiger partial charge in [-0.1, -0.05) is 42.5 Å². The van der Waals surface area contributed by atoms with Crippen LogP contribution in [0.1, 0.15) is 29.4 Å². The van der Waals surface area contributed by atoms with E-state index in [2.05, 4.69) is 5.32 Å². The van der Waals surface area contributed by atoms with Crippen LogP contribution in [0.5, 0.6) is 11.5 Å². The first-order valence-electron chi connectivity index (χ1n) is 10.4. The summed E-state index contributed by atoms with van der Waals surface area (Å²) in [6.45, 7) is -0.0611. The van der Waals surface area contributed by atoms with Gasteiger partial charge in [-0.3, -0.25) is 9.59 Å².